The van der Waals surface area contributed by atoms with Crippen LogP contribution in [0.15, 0.2) is 45.3 Å². The van der Waals surface area contributed by atoms with Gasteiger partial charge in [-0.1, -0.05) is 44.0 Å². The van der Waals surface area contributed by atoms with E-state index < -0.39 is 0 Å². The molecule has 1 N–H and O–H groups in total. The lowest BCUT2D eigenvalue weighted by atomic mass is 9.97. The van der Waals surface area contributed by atoms with Gasteiger partial charge in [0.2, 0.25) is 0 Å². The Morgan fingerprint density at radius 1 is 1.00 bits per heavy atom. The molecular weight excluding hydrogens is 382 g/mol. The quantitative estimate of drug-likeness (QED) is 0.795. The first-order valence-electron chi connectivity index (χ1n) is 6.33. The van der Waals surface area contributed by atoms with Gasteiger partial charge in [-0.05, 0) is 54.9 Å². The summed E-state index contributed by atoms with van der Waals surface area (Å²) < 4.78 is 7.45. The molecule has 4 heteroatoms. The molecule has 0 amide bonds. The molecule has 0 aliphatic heterocycles. The number of hydrogen-bond acceptors (Lipinski definition) is 2. The maximum Gasteiger partial charge on any atom is 0.121 e. The smallest absolute Gasteiger partial charge is 0.121 e. The van der Waals surface area contributed by atoms with E-state index in [0.29, 0.717) is 0 Å². The van der Waals surface area contributed by atoms with Crippen LogP contribution in [0.2, 0.25) is 0 Å². The fourth-order valence-corrected chi connectivity index (χ4v) is 3.68. The molecule has 0 bridgehead atoms. The maximum atomic E-state index is 5.32. The molecule has 0 aliphatic rings. The predicted molar refractivity (Wildman–Crippen MR) is 90.5 cm³/mol. The van der Waals surface area contributed by atoms with Crippen molar-refractivity contribution in [2.24, 2.45) is 0 Å². The van der Waals surface area contributed by atoms with E-state index in [9.17, 15) is 0 Å². The second-order valence-corrected chi connectivity index (χ2v) is 6.48. The summed E-state index contributed by atoms with van der Waals surface area (Å²) in [5.41, 5.74) is 3.56. The second kappa shape index (κ2) is 6.74. The highest BCUT2D eigenvalue weighted by atomic mass is 79.9. The summed E-state index contributed by atoms with van der Waals surface area (Å²) in [4.78, 5) is 0. The lowest BCUT2D eigenvalue weighted by Gasteiger charge is -2.19. The largest absolute Gasteiger partial charge is 0.496 e. The number of rotatable bonds is 4. The van der Waals surface area contributed by atoms with Crippen molar-refractivity contribution in [1.29, 1.82) is 0 Å². The molecule has 2 nitrogen and oxygen atoms in total. The average molecular weight is 399 g/mol. The second-order valence-electron chi connectivity index (χ2n) is 4.65. The van der Waals surface area contributed by atoms with Crippen molar-refractivity contribution in [3.8, 4) is 5.75 Å². The molecule has 0 aliphatic carbocycles. The van der Waals surface area contributed by atoms with Gasteiger partial charge in [0, 0.05) is 8.95 Å². The van der Waals surface area contributed by atoms with E-state index in [1.165, 1.54) is 11.1 Å². The number of benzene rings is 2. The van der Waals surface area contributed by atoms with Crippen LogP contribution in [-0.4, -0.2) is 14.2 Å². The lowest BCUT2D eigenvalue weighted by molar-refractivity contribution is 0.411. The van der Waals surface area contributed by atoms with Crippen molar-refractivity contribution in [2.75, 3.05) is 14.2 Å². The first kappa shape index (κ1) is 15.5. The molecule has 2 aromatic carbocycles. The van der Waals surface area contributed by atoms with Crippen molar-refractivity contribution in [3.05, 3.63) is 62.0 Å². The molecule has 1 unspecified atom stereocenters. The Labute approximate surface area is 136 Å². The topological polar surface area (TPSA) is 21.3 Å². The van der Waals surface area contributed by atoms with Crippen LogP contribution >= 0.6 is 31.9 Å². The van der Waals surface area contributed by atoms with Gasteiger partial charge in [0.05, 0.1) is 13.2 Å². The van der Waals surface area contributed by atoms with Gasteiger partial charge >= 0.3 is 0 Å². The third kappa shape index (κ3) is 3.43. The molecule has 2 aromatic rings. The number of aryl methyl sites for hydroxylation is 1. The van der Waals surface area contributed by atoms with Crippen molar-refractivity contribution in [1.82, 2.24) is 5.32 Å². The van der Waals surface area contributed by atoms with E-state index in [0.717, 1.165) is 20.3 Å². The van der Waals surface area contributed by atoms with Crippen LogP contribution in [0.5, 0.6) is 5.75 Å². The molecule has 0 saturated carbocycles. The minimum absolute atomic E-state index is 0.147. The summed E-state index contributed by atoms with van der Waals surface area (Å²) in [6.07, 6.45) is 0. The normalized spacial score (nSPS) is 12.2. The molecule has 20 heavy (non-hydrogen) atoms. The SMILES string of the molecule is CNC(c1cc(Br)cc(Br)c1)c1ccc(OC)c(C)c1. The molecule has 0 aromatic heterocycles. The fraction of sp³-hybridized carbons (Fsp3) is 0.250. The van der Waals surface area contributed by atoms with Crippen LogP contribution in [0.1, 0.15) is 22.7 Å². The number of halogens is 2. The highest BCUT2D eigenvalue weighted by Crippen LogP contribution is 2.30. The van der Waals surface area contributed by atoms with Gasteiger partial charge in [0.1, 0.15) is 5.75 Å². The first-order valence-corrected chi connectivity index (χ1v) is 7.91. The molecule has 0 radical (unpaired) electrons. The highest BCUT2D eigenvalue weighted by Gasteiger charge is 2.14. The molecule has 0 saturated heterocycles. The number of methoxy groups -OCH3 is 1. The van der Waals surface area contributed by atoms with Crippen LogP contribution in [0.4, 0.5) is 0 Å². The third-order valence-corrected chi connectivity index (χ3v) is 4.17. The van der Waals surface area contributed by atoms with Gasteiger partial charge in [0.15, 0.2) is 0 Å². The van der Waals surface area contributed by atoms with Crippen LogP contribution in [0, 0.1) is 6.92 Å². The Morgan fingerprint density at radius 3 is 2.15 bits per heavy atom. The Balaban J connectivity index is 2.44. The zero-order valence-corrected chi connectivity index (χ0v) is 14.9. The standard InChI is InChI=1S/C16H17Br2NO/c1-10-6-11(4-5-15(10)20-3)16(19-2)12-7-13(17)9-14(18)8-12/h4-9,16,19H,1-3H3. The molecule has 0 heterocycles. The van der Waals surface area contributed by atoms with Gasteiger partial charge in [-0.2, -0.15) is 0 Å². The minimum Gasteiger partial charge on any atom is -0.496 e. The van der Waals surface area contributed by atoms with Gasteiger partial charge in [-0.3, -0.25) is 0 Å². The Hall–Kier alpha value is -0.840. The Morgan fingerprint density at radius 2 is 1.65 bits per heavy atom. The maximum absolute atomic E-state index is 5.32. The van der Waals surface area contributed by atoms with Crippen LogP contribution < -0.4 is 10.1 Å². The van der Waals surface area contributed by atoms with E-state index in [2.05, 4.69) is 68.4 Å². The molecule has 0 spiro atoms. The summed E-state index contributed by atoms with van der Waals surface area (Å²) in [5, 5.41) is 3.37. The van der Waals surface area contributed by atoms with E-state index in [1.54, 1.807) is 7.11 Å². The van der Waals surface area contributed by atoms with Crippen LogP contribution in [0.25, 0.3) is 0 Å². The van der Waals surface area contributed by atoms with E-state index >= 15 is 0 Å². The summed E-state index contributed by atoms with van der Waals surface area (Å²) in [6.45, 7) is 2.06. The number of hydrogen-bond donors (Lipinski definition) is 1. The summed E-state index contributed by atoms with van der Waals surface area (Å²) >= 11 is 7.09. The number of ether oxygens (including phenoxy) is 1. The van der Waals surface area contributed by atoms with Gasteiger partial charge in [0.25, 0.3) is 0 Å². The highest BCUT2D eigenvalue weighted by molar-refractivity contribution is 9.11. The molecule has 0 fully saturated rings. The third-order valence-electron chi connectivity index (χ3n) is 3.26. The van der Waals surface area contributed by atoms with E-state index in [-0.39, 0.29) is 6.04 Å². The van der Waals surface area contributed by atoms with Crippen molar-refractivity contribution in [3.63, 3.8) is 0 Å². The average Bonchev–Trinajstić information content (AvgIpc) is 2.38. The number of nitrogens with one attached hydrogen (secondary N) is 1. The summed E-state index contributed by atoms with van der Waals surface area (Å²) in [5.74, 6) is 0.916. The van der Waals surface area contributed by atoms with Crippen molar-refractivity contribution < 1.29 is 4.74 Å². The first-order chi connectivity index (χ1) is 9.55. The monoisotopic (exact) mass is 397 g/mol. The molecule has 1 atom stereocenters. The Bertz CT molecular complexity index is 593. The molecule has 2 rings (SSSR count). The van der Waals surface area contributed by atoms with Crippen molar-refractivity contribution in [2.45, 2.75) is 13.0 Å². The zero-order chi connectivity index (χ0) is 14.7. The van der Waals surface area contributed by atoms with E-state index in [1.807, 2.05) is 19.2 Å². The van der Waals surface area contributed by atoms with E-state index in [4.69, 9.17) is 4.74 Å². The van der Waals surface area contributed by atoms with Gasteiger partial charge in [-0.25, -0.2) is 0 Å². The van der Waals surface area contributed by atoms with Gasteiger partial charge < -0.3 is 10.1 Å². The predicted octanol–water partition coefficient (Wildman–Crippen LogP) is 4.84. The zero-order valence-electron chi connectivity index (χ0n) is 11.7. The lowest BCUT2D eigenvalue weighted by Crippen LogP contribution is -2.17. The fourth-order valence-electron chi connectivity index (χ4n) is 2.35. The van der Waals surface area contributed by atoms with Crippen LogP contribution in [0.3, 0.4) is 0 Å². The summed E-state index contributed by atoms with van der Waals surface area (Å²) in [6, 6.07) is 12.7. The molecular formula is C16H17Br2NO. The van der Waals surface area contributed by atoms with Crippen LogP contribution in [-0.2, 0) is 0 Å². The van der Waals surface area contributed by atoms with Gasteiger partial charge in [-0.15, -0.1) is 0 Å². The Kier molecular flexibility index (Phi) is 5.24. The minimum atomic E-state index is 0.147. The van der Waals surface area contributed by atoms with Crippen molar-refractivity contribution >= 4 is 31.9 Å². The summed E-state index contributed by atoms with van der Waals surface area (Å²) in [7, 11) is 3.67. The molecule has 106 valence electrons.